The molecule has 2 aromatic carbocycles. The molecule has 6 nitrogen and oxygen atoms in total. The van der Waals surface area contributed by atoms with E-state index in [1.807, 2.05) is 38.1 Å². The maximum absolute atomic E-state index is 12.8. The normalized spacial score (nSPS) is 23.9. The van der Waals surface area contributed by atoms with Gasteiger partial charge in [0, 0.05) is 0 Å². The van der Waals surface area contributed by atoms with Crippen LogP contribution in [0.5, 0.6) is 17.2 Å². The quantitative estimate of drug-likeness (QED) is 0.716. The van der Waals surface area contributed by atoms with Gasteiger partial charge in [-0.25, -0.2) is 0 Å². The van der Waals surface area contributed by atoms with E-state index in [0.717, 1.165) is 16.9 Å². The molecule has 0 aliphatic carbocycles. The lowest BCUT2D eigenvalue weighted by molar-refractivity contribution is -0.140. The highest BCUT2D eigenvalue weighted by Gasteiger charge is 2.55. The molecule has 0 bridgehead atoms. The van der Waals surface area contributed by atoms with Gasteiger partial charge in [-0.15, -0.1) is 0 Å². The summed E-state index contributed by atoms with van der Waals surface area (Å²) in [5.74, 6) is 0.474. The first-order valence-corrected chi connectivity index (χ1v) is 10.1. The van der Waals surface area contributed by atoms with Gasteiger partial charge >= 0.3 is 5.97 Å². The highest BCUT2D eigenvalue weighted by molar-refractivity contribution is 6.32. The first-order valence-electron chi connectivity index (χ1n) is 9.71. The Bertz CT molecular complexity index is 997. The first-order chi connectivity index (χ1) is 14.3. The molecule has 1 saturated heterocycles. The molecule has 0 radical (unpaired) electrons. The Kier molecular flexibility index (Phi) is 5.38. The number of carbonyl (C=O) groups excluding carboxylic acids is 1. The molecule has 2 aromatic rings. The minimum Gasteiger partial charge on any atom is -0.497 e. The highest BCUT2D eigenvalue weighted by Crippen LogP contribution is 2.46. The van der Waals surface area contributed by atoms with Gasteiger partial charge in [-0.2, -0.15) is 0 Å². The fourth-order valence-electron chi connectivity index (χ4n) is 3.91. The van der Waals surface area contributed by atoms with E-state index in [4.69, 9.17) is 30.5 Å². The number of methoxy groups -OCH3 is 1. The van der Waals surface area contributed by atoms with Gasteiger partial charge in [0.1, 0.15) is 17.1 Å². The molecule has 2 aliphatic heterocycles. The second kappa shape index (κ2) is 7.85. The lowest BCUT2D eigenvalue weighted by Crippen LogP contribution is -2.43. The van der Waals surface area contributed by atoms with Gasteiger partial charge in [0.15, 0.2) is 11.5 Å². The lowest BCUT2D eigenvalue weighted by atomic mass is 9.75. The van der Waals surface area contributed by atoms with E-state index >= 15 is 0 Å². The number of aliphatic hydroxyl groups is 1. The molecule has 0 aromatic heterocycles. The van der Waals surface area contributed by atoms with E-state index in [0.29, 0.717) is 16.5 Å². The largest absolute Gasteiger partial charge is 0.497 e. The Morgan fingerprint density at radius 1 is 1.27 bits per heavy atom. The van der Waals surface area contributed by atoms with Crippen LogP contribution in [-0.4, -0.2) is 30.6 Å². The van der Waals surface area contributed by atoms with Crippen LogP contribution in [0, 0.1) is 11.8 Å². The van der Waals surface area contributed by atoms with Crippen molar-refractivity contribution in [2.75, 3.05) is 13.9 Å². The fraction of sp³-hybridized carbons (Fsp3) is 0.348. The maximum atomic E-state index is 12.8. The molecule has 2 heterocycles. The number of hydrogen-bond donors (Lipinski definition) is 1. The zero-order valence-electron chi connectivity index (χ0n) is 17.0. The predicted octanol–water partition coefficient (Wildman–Crippen LogP) is 4.22. The molecule has 0 saturated carbocycles. The molecule has 7 heteroatoms. The zero-order valence-corrected chi connectivity index (χ0v) is 17.7. The third kappa shape index (κ3) is 3.50. The topological polar surface area (TPSA) is 74.2 Å². The fourth-order valence-corrected chi connectivity index (χ4v) is 4.20. The summed E-state index contributed by atoms with van der Waals surface area (Å²) in [6.45, 7) is 3.83. The van der Waals surface area contributed by atoms with Crippen LogP contribution in [0.4, 0.5) is 0 Å². The minimum absolute atomic E-state index is 0.106. The van der Waals surface area contributed by atoms with E-state index in [-0.39, 0.29) is 24.9 Å². The van der Waals surface area contributed by atoms with E-state index in [2.05, 4.69) is 0 Å². The maximum Gasteiger partial charge on any atom is 0.317 e. The molecular formula is C23H23ClO6. The second-order valence-electron chi connectivity index (χ2n) is 7.75. The van der Waals surface area contributed by atoms with Crippen molar-refractivity contribution >= 4 is 23.6 Å². The average Bonchev–Trinajstić information content (AvgIpc) is 3.28. The summed E-state index contributed by atoms with van der Waals surface area (Å²) in [5, 5.41) is 12.0. The van der Waals surface area contributed by atoms with Crippen molar-refractivity contribution in [2.24, 2.45) is 11.8 Å². The number of carbonyl (C=O) groups is 1. The molecule has 1 fully saturated rings. The van der Waals surface area contributed by atoms with Crippen molar-refractivity contribution in [1.82, 2.24) is 0 Å². The van der Waals surface area contributed by atoms with E-state index in [1.54, 1.807) is 25.3 Å². The predicted molar refractivity (Wildman–Crippen MR) is 112 cm³/mol. The van der Waals surface area contributed by atoms with E-state index < -0.39 is 17.5 Å². The smallest absolute Gasteiger partial charge is 0.317 e. The van der Waals surface area contributed by atoms with Gasteiger partial charge in [0.05, 0.1) is 18.1 Å². The Balaban J connectivity index is 1.67. The Morgan fingerprint density at radius 3 is 2.67 bits per heavy atom. The first kappa shape index (κ1) is 20.6. The van der Waals surface area contributed by atoms with Gasteiger partial charge in [-0.1, -0.05) is 37.6 Å². The van der Waals surface area contributed by atoms with Crippen molar-refractivity contribution in [1.29, 1.82) is 0 Å². The number of benzene rings is 2. The van der Waals surface area contributed by atoms with E-state index in [9.17, 15) is 9.90 Å². The zero-order chi connectivity index (χ0) is 21.5. The Morgan fingerprint density at radius 2 is 2.00 bits per heavy atom. The summed E-state index contributed by atoms with van der Waals surface area (Å²) in [5.41, 5.74) is 0.0975. The molecule has 1 N–H and O–H groups in total. The Labute approximate surface area is 180 Å². The summed E-state index contributed by atoms with van der Waals surface area (Å²) in [4.78, 5) is 12.8. The van der Waals surface area contributed by atoms with Crippen molar-refractivity contribution in [3.63, 3.8) is 0 Å². The standard InChI is InChI=1S/C23H23ClO6/c1-13(2)23(26)17(8-15-9-18(24)21-19(10-15)28-12-29-21)22(25)30-20(23)11-14-4-6-16(27-3)7-5-14/h4-7,9-11,13,17,26H,8,12H2,1-3H3/b20-11-. The number of cyclic esters (lactones) is 1. The molecule has 0 amide bonds. The van der Waals surface area contributed by atoms with Crippen molar-refractivity contribution in [2.45, 2.75) is 25.9 Å². The van der Waals surface area contributed by atoms with Gasteiger partial charge in [-0.05, 0) is 53.8 Å². The second-order valence-corrected chi connectivity index (χ2v) is 8.16. The highest BCUT2D eigenvalue weighted by atomic mass is 35.5. The summed E-state index contributed by atoms with van der Waals surface area (Å²) in [7, 11) is 1.59. The molecular weight excluding hydrogens is 408 g/mol. The van der Waals surface area contributed by atoms with Crippen LogP contribution in [0.25, 0.3) is 6.08 Å². The molecule has 2 aliphatic rings. The molecule has 0 spiro atoms. The van der Waals surface area contributed by atoms with Gasteiger partial charge < -0.3 is 24.1 Å². The van der Waals surface area contributed by atoms with Crippen LogP contribution >= 0.6 is 11.6 Å². The van der Waals surface area contributed by atoms with Crippen molar-refractivity contribution in [3.05, 3.63) is 58.3 Å². The average molecular weight is 431 g/mol. The number of halogens is 1. The monoisotopic (exact) mass is 430 g/mol. The third-order valence-corrected chi connectivity index (χ3v) is 5.92. The molecule has 30 heavy (non-hydrogen) atoms. The van der Waals surface area contributed by atoms with Gasteiger partial charge in [0.2, 0.25) is 6.79 Å². The van der Waals surface area contributed by atoms with Crippen LogP contribution in [0.3, 0.4) is 0 Å². The third-order valence-electron chi connectivity index (χ3n) is 5.64. The molecule has 2 unspecified atom stereocenters. The van der Waals surface area contributed by atoms with Crippen LogP contribution in [0.2, 0.25) is 5.02 Å². The number of hydrogen-bond acceptors (Lipinski definition) is 6. The number of ether oxygens (including phenoxy) is 4. The molecule has 158 valence electrons. The van der Waals surface area contributed by atoms with Crippen LogP contribution in [0.15, 0.2) is 42.2 Å². The summed E-state index contributed by atoms with van der Waals surface area (Å²) < 4.78 is 21.5. The van der Waals surface area contributed by atoms with Gasteiger partial charge in [-0.3, -0.25) is 4.79 Å². The van der Waals surface area contributed by atoms with Crippen LogP contribution in [-0.2, 0) is 16.0 Å². The summed E-state index contributed by atoms with van der Waals surface area (Å²) in [6.07, 6.45) is 1.95. The van der Waals surface area contributed by atoms with Crippen LogP contribution in [0.1, 0.15) is 25.0 Å². The summed E-state index contributed by atoms with van der Waals surface area (Å²) in [6, 6.07) is 10.8. The minimum atomic E-state index is -1.46. The number of fused-ring (bicyclic) bond motifs is 1. The SMILES string of the molecule is COc1ccc(/C=C2\OC(=O)C(Cc3cc(Cl)c4c(c3)OCO4)C2(O)C(C)C)cc1. The molecule has 4 rings (SSSR count). The van der Waals surface area contributed by atoms with Crippen LogP contribution < -0.4 is 14.2 Å². The summed E-state index contributed by atoms with van der Waals surface area (Å²) >= 11 is 6.29. The van der Waals surface area contributed by atoms with E-state index in [1.165, 1.54) is 0 Å². The van der Waals surface area contributed by atoms with Crippen molar-refractivity contribution < 1.29 is 28.8 Å². The Hall–Kier alpha value is -2.70. The van der Waals surface area contributed by atoms with Gasteiger partial charge in [0.25, 0.3) is 0 Å². The number of esters is 1. The molecule has 2 atom stereocenters. The van der Waals surface area contributed by atoms with Crippen molar-refractivity contribution in [3.8, 4) is 17.2 Å². The number of rotatable bonds is 5. The lowest BCUT2D eigenvalue weighted by Gasteiger charge is -2.31.